The number of ether oxygens (including phenoxy) is 2. The second-order valence-corrected chi connectivity index (χ2v) is 13.3. The van der Waals surface area contributed by atoms with Crippen LogP contribution >= 0.6 is 0 Å². The molecular weight excluding hydrogens is 568 g/mol. The fourth-order valence-corrected chi connectivity index (χ4v) is 5.39. The summed E-state index contributed by atoms with van der Waals surface area (Å²) in [6.07, 6.45) is 4.34. The van der Waals surface area contributed by atoms with Gasteiger partial charge in [0.1, 0.15) is 24.6 Å². The van der Waals surface area contributed by atoms with Crippen LogP contribution in [-0.4, -0.2) is 76.5 Å². The van der Waals surface area contributed by atoms with Crippen molar-refractivity contribution in [3.8, 4) is 45.9 Å². The van der Waals surface area contributed by atoms with Crippen LogP contribution in [-0.2, 0) is 0 Å². The van der Waals surface area contributed by atoms with Crippen molar-refractivity contribution < 1.29 is 18.4 Å². The van der Waals surface area contributed by atoms with Gasteiger partial charge >= 0.3 is 0 Å². The smallest absolute Gasteiger partial charge is 0.128 e. The SMILES string of the molecule is C[N+](C)(CCCCOc1ccc(-c2ccc(C#N)cc2)cc1)CC[N+](C)(C)CCCCOc1ccc(-c2ccc(C#N)cc2)cc1. The zero-order valence-corrected chi connectivity index (χ0v) is 27.9. The molecule has 0 atom stereocenters. The quantitative estimate of drug-likeness (QED) is 0.0893. The maximum absolute atomic E-state index is 8.99. The van der Waals surface area contributed by atoms with Crippen LogP contribution in [0.15, 0.2) is 97.1 Å². The van der Waals surface area contributed by atoms with E-state index in [-0.39, 0.29) is 0 Å². The number of hydrogen-bond donors (Lipinski definition) is 0. The number of nitriles is 2. The fraction of sp³-hybridized carbons (Fsp3) is 0.350. The van der Waals surface area contributed by atoms with E-state index >= 15 is 0 Å². The number of hydrogen-bond acceptors (Lipinski definition) is 4. The van der Waals surface area contributed by atoms with Gasteiger partial charge in [-0.3, -0.25) is 0 Å². The average molecular weight is 617 g/mol. The second-order valence-electron chi connectivity index (χ2n) is 13.3. The van der Waals surface area contributed by atoms with E-state index in [1.165, 1.54) is 0 Å². The zero-order chi connectivity index (χ0) is 32.8. The molecule has 238 valence electrons. The fourth-order valence-electron chi connectivity index (χ4n) is 5.39. The highest BCUT2D eigenvalue weighted by atomic mass is 16.5. The van der Waals surface area contributed by atoms with E-state index in [4.69, 9.17) is 20.0 Å². The van der Waals surface area contributed by atoms with Gasteiger partial charge in [-0.15, -0.1) is 0 Å². The first-order chi connectivity index (χ1) is 22.2. The Balaban J connectivity index is 1.07. The van der Waals surface area contributed by atoms with Crippen molar-refractivity contribution in [3.05, 3.63) is 108 Å². The molecule has 4 rings (SSSR count). The van der Waals surface area contributed by atoms with Crippen molar-refractivity contribution in [1.29, 1.82) is 10.5 Å². The molecule has 0 saturated heterocycles. The molecule has 0 radical (unpaired) electrons. The lowest BCUT2D eigenvalue weighted by molar-refractivity contribution is -0.946. The molecule has 0 N–H and O–H groups in total. The molecule has 0 amide bonds. The average Bonchev–Trinajstić information content (AvgIpc) is 3.08. The molecule has 0 fully saturated rings. The summed E-state index contributed by atoms with van der Waals surface area (Å²) in [4.78, 5) is 0. The van der Waals surface area contributed by atoms with Crippen molar-refractivity contribution in [2.24, 2.45) is 0 Å². The second kappa shape index (κ2) is 16.6. The molecule has 0 aliphatic rings. The number of quaternary nitrogens is 2. The first-order valence-electron chi connectivity index (χ1n) is 16.3. The molecule has 0 aliphatic carbocycles. The van der Waals surface area contributed by atoms with Crippen molar-refractivity contribution in [1.82, 2.24) is 0 Å². The summed E-state index contributed by atoms with van der Waals surface area (Å²) in [6, 6.07) is 36.0. The first kappa shape index (κ1) is 34.3. The highest BCUT2D eigenvalue weighted by Crippen LogP contribution is 2.24. The van der Waals surface area contributed by atoms with Crippen LogP contribution < -0.4 is 9.47 Å². The predicted octanol–water partition coefficient (Wildman–Crippen LogP) is 7.93. The number of likely N-dealkylation sites (N-methyl/N-ethyl adjacent to an activating group) is 2. The lowest BCUT2D eigenvalue weighted by Crippen LogP contribution is -2.51. The Bertz CT molecular complexity index is 1460. The van der Waals surface area contributed by atoms with Crippen LogP contribution in [0.3, 0.4) is 0 Å². The van der Waals surface area contributed by atoms with Gasteiger partial charge in [0.05, 0.1) is 77.8 Å². The lowest BCUT2D eigenvalue weighted by Gasteiger charge is -2.35. The minimum absolute atomic E-state index is 0.673. The van der Waals surface area contributed by atoms with Crippen molar-refractivity contribution in [2.45, 2.75) is 25.7 Å². The largest absolute Gasteiger partial charge is 0.494 e. The maximum Gasteiger partial charge on any atom is 0.128 e. The van der Waals surface area contributed by atoms with Crippen LogP contribution in [0, 0.1) is 22.7 Å². The molecular formula is C40H48N4O2+2. The molecule has 0 spiro atoms. The summed E-state index contributed by atoms with van der Waals surface area (Å²) in [5.74, 6) is 1.79. The standard InChI is InChI=1S/C40H48N4O2/c1-43(2,25-5-7-29-45-39-21-17-37(18-22-39)35-13-9-33(31-41)10-14-35)27-28-44(3,4)26-6-8-30-46-40-23-19-38(20-24-40)36-15-11-34(32-42)12-16-36/h9-24H,5-8,25-30H2,1-4H3/q+2. The molecule has 46 heavy (non-hydrogen) atoms. The van der Waals surface area contributed by atoms with Gasteiger partial charge < -0.3 is 18.4 Å². The Kier molecular flexibility index (Phi) is 12.4. The topological polar surface area (TPSA) is 66.0 Å². The van der Waals surface area contributed by atoms with E-state index in [1.54, 1.807) is 0 Å². The summed E-state index contributed by atoms with van der Waals surface area (Å²) in [6.45, 7) is 6.01. The number of rotatable bonds is 17. The van der Waals surface area contributed by atoms with Crippen LogP contribution in [0.5, 0.6) is 11.5 Å². The van der Waals surface area contributed by atoms with Gasteiger partial charge in [-0.2, -0.15) is 10.5 Å². The Morgan fingerprint density at radius 1 is 0.435 bits per heavy atom. The third-order valence-corrected chi connectivity index (χ3v) is 8.57. The van der Waals surface area contributed by atoms with Gasteiger partial charge in [0, 0.05) is 0 Å². The highest BCUT2D eigenvalue weighted by Gasteiger charge is 2.22. The van der Waals surface area contributed by atoms with Gasteiger partial charge in [-0.25, -0.2) is 0 Å². The van der Waals surface area contributed by atoms with E-state index in [2.05, 4.69) is 64.6 Å². The molecule has 0 bridgehead atoms. The maximum atomic E-state index is 8.99. The molecule has 6 nitrogen and oxygen atoms in total. The Morgan fingerprint density at radius 2 is 0.739 bits per heavy atom. The predicted molar refractivity (Wildman–Crippen MR) is 186 cm³/mol. The Morgan fingerprint density at radius 3 is 1.04 bits per heavy atom. The molecule has 0 heterocycles. The minimum atomic E-state index is 0.673. The van der Waals surface area contributed by atoms with Crippen molar-refractivity contribution in [2.75, 3.05) is 67.6 Å². The van der Waals surface area contributed by atoms with Crippen LogP contribution in [0.2, 0.25) is 0 Å². The third-order valence-electron chi connectivity index (χ3n) is 8.57. The van der Waals surface area contributed by atoms with Gasteiger partial charge in [0.25, 0.3) is 0 Å². The Hall–Kier alpha value is -4.62. The molecule has 0 aromatic heterocycles. The monoisotopic (exact) mass is 616 g/mol. The summed E-state index contributed by atoms with van der Waals surface area (Å²) in [5.41, 5.74) is 5.78. The van der Waals surface area contributed by atoms with Gasteiger partial charge in [0.15, 0.2) is 0 Å². The molecule has 4 aromatic rings. The van der Waals surface area contributed by atoms with Crippen LogP contribution in [0.4, 0.5) is 0 Å². The number of unbranched alkanes of at least 4 members (excludes halogenated alkanes) is 2. The molecule has 0 aliphatic heterocycles. The molecule has 6 heteroatoms. The third kappa shape index (κ3) is 11.1. The van der Waals surface area contributed by atoms with E-state index in [9.17, 15) is 0 Å². The van der Waals surface area contributed by atoms with Crippen molar-refractivity contribution in [3.63, 3.8) is 0 Å². The summed E-state index contributed by atoms with van der Waals surface area (Å²) in [7, 11) is 9.35. The summed E-state index contributed by atoms with van der Waals surface area (Å²) >= 11 is 0. The van der Waals surface area contributed by atoms with Crippen LogP contribution in [0.1, 0.15) is 36.8 Å². The number of benzene rings is 4. The first-order valence-corrected chi connectivity index (χ1v) is 16.3. The van der Waals surface area contributed by atoms with Gasteiger partial charge in [0.2, 0.25) is 0 Å². The van der Waals surface area contributed by atoms with Gasteiger partial charge in [-0.05, 0) is 96.5 Å². The summed E-state index contributed by atoms with van der Waals surface area (Å²) < 4.78 is 14.1. The molecule has 0 saturated carbocycles. The number of nitrogens with zero attached hydrogens (tertiary/aromatic N) is 4. The highest BCUT2D eigenvalue weighted by molar-refractivity contribution is 5.65. The van der Waals surface area contributed by atoms with Crippen molar-refractivity contribution >= 4 is 0 Å². The minimum Gasteiger partial charge on any atom is -0.494 e. The summed E-state index contributed by atoms with van der Waals surface area (Å²) in [5, 5.41) is 18.0. The van der Waals surface area contributed by atoms with Gasteiger partial charge in [-0.1, -0.05) is 48.5 Å². The van der Waals surface area contributed by atoms with E-state index in [0.717, 1.165) is 108 Å². The van der Waals surface area contributed by atoms with Crippen LogP contribution in [0.25, 0.3) is 22.3 Å². The molecule has 0 unspecified atom stereocenters. The zero-order valence-electron chi connectivity index (χ0n) is 27.9. The Labute approximate surface area is 275 Å². The normalized spacial score (nSPS) is 11.4. The molecule has 4 aromatic carbocycles. The van der Waals surface area contributed by atoms with E-state index < -0.39 is 0 Å². The van der Waals surface area contributed by atoms with E-state index in [1.807, 2.05) is 72.8 Å². The van der Waals surface area contributed by atoms with E-state index in [0.29, 0.717) is 11.1 Å². The lowest BCUT2D eigenvalue weighted by atomic mass is 10.0.